The van der Waals surface area contributed by atoms with Crippen LogP contribution in [0.4, 0.5) is 0 Å². The summed E-state index contributed by atoms with van der Waals surface area (Å²) >= 11 is 0. The molecule has 0 unspecified atom stereocenters. The first-order valence-corrected chi connectivity index (χ1v) is 7.06. The molecule has 0 aliphatic rings. The highest BCUT2D eigenvalue weighted by atomic mass is 32.2. The van der Waals surface area contributed by atoms with Crippen molar-refractivity contribution in [2.75, 3.05) is 0 Å². The zero-order valence-corrected chi connectivity index (χ0v) is 10.8. The van der Waals surface area contributed by atoms with Crippen LogP contribution in [0.25, 0.3) is 10.8 Å². The van der Waals surface area contributed by atoms with Gasteiger partial charge < -0.3 is 4.98 Å². The van der Waals surface area contributed by atoms with Crippen molar-refractivity contribution in [2.45, 2.75) is 4.90 Å². The van der Waals surface area contributed by atoms with E-state index in [1.165, 1.54) is 6.07 Å². The normalized spacial score (nSPS) is 10.8. The summed E-state index contributed by atoms with van der Waals surface area (Å²) in [6.45, 7) is 0. The SMILES string of the molecule is O=S(=O)(O)c1cccc2ccccc12.c1cc[nH]c1. The zero-order valence-electron chi connectivity index (χ0n) is 10.0. The number of hydrogen-bond donors (Lipinski definition) is 2. The zero-order chi connectivity index (χ0) is 13.7. The molecule has 0 spiro atoms. The average Bonchev–Trinajstić information content (AvgIpc) is 2.96. The maximum Gasteiger partial charge on any atom is 0.295 e. The molecular formula is C14H13NO3S. The first-order chi connectivity index (χ1) is 9.09. The number of nitrogens with one attached hydrogen (secondary N) is 1. The summed E-state index contributed by atoms with van der Waals surface area (Å²) in [5.41, 5.74) is 0. The van der Waals surface area contributed by atoms with E-state index in [0.717, 1.165) is 5.39 Å². The van der Waals surface area contributed by atoms with E-state index in [1.54, 1.807) is 30.3 Å². The Kier molecular flexibility index (Phi) is 3.99. The van der Waals surface area contributed by atoms with E-state index in [4.69, 9.17) is 4.55 Å². The van der Waals surface area contributed by atoms with Crippen LogP contribution in [0.3, 0.4) is 0 Å². The number of fused-ring (bicyclic) bond motifs is 1. The van der Waals surface area contributed by atoms with E-state index in [1.807, 2.05) is 30.6 Å². The summed E-state index contributed by atoms with van der Waals surface area (Å²) < 4.78 is 31.0. The number of benzene rings is 2. The van der Waals surface area contributed by atoms with Crippen LogP contribution < -0.4 is 0 Å². The first-order valence-electron chi connectivity index (χ1n) is 5.62. The number of aromatic nitrogens is 1. The smallest absolute Gasteiger partial charge is 0.295 e. The van der Waals surface area contributed by atoms with Crippen molar-refractivity contribution in [1.82, 2.24) is 4.98 Å². The second-order valence-corrected chi connectivity index (χ2v) is 5.23. The Morgan fingerprint density at radius 2 is 1.47 bits per heavy atom. The predicted molar refractivity (Wildman–Crippen MR) is 74.6 cm³/mol. The number of H-pyrrole nitrogens is 1. The molecule has 0 aliphatic heterocycles. The van der Waals surface area contributed by atoms with E-state index in [9.17, 15) is 8.42 Å². The van der Waals surface area contributed by atoms with Crippen molar-refractivity contribution in [1.29, 1.82) is 0 Å². The molecule has 0 atom stereocenters. The van der Waals surface area contributed by atoms with Gasteiger partial charge in [-0.1, -0.05) is 36.4 Å². The fraction of sp³-hybridized carbons (Fsp3) is 0. The lowest BCUT2D eigenvalue weighted by atomic mass is 10.1. The van der Waals surface area contributed by atoms with Crippen LogP contribution in [-0.2, 0) is 10.1 Å². The minimum atomic E-state index is -4.13. The molecule has 1 aromatic heterocycles. The van der Waals surface area contributed by atoms with Gasteiger partial charge in [-0.3, -0.25) is 4.55 Å². The molecule has 1 heterocycles. The second-order valence-electron chi connectivity index (χ2n) is 3.84. The second kappa shape index (κ2) is 5.69. The molecule has 0 bridgehead atoms. The molecule has 2 N–H and O–H groups in total. The van der Waals surface area contributed by atoms with Gasteiger partial charge in [-0.2, -0.15) is 8.42 Å². The van der Waals surface area contributed by atoms with Crippen LogP contribution in [0.2, 0.25) is 0 Å². The van der Waals surface area contributed by atoms with Gasteiger partial charge in [0.1, 0.15) is 4.90 Å². The summed E-state index contributed by atoms with van der Waals surface area (Å²) in [4.78, 5) is 2.82. The lowest BCUT2D eigenvalue weighted by molar-refractivity contribution is 0.484. The third kappa shape index (κ3) is 3.43. The number of aromatic amines is 1. The highest BCUT2D eigenvalue weighted by Crippen LogP contribution is 2.21. The lowest BCUT2D eigenvalue weighted by Crippen LogP contribution is -1.98. The molecular weight excluding hydrogens is 262 g/mol. The van der Waals surface area contributed by atoms with Crippen LogP contribution in [0.5, 0.6) is 0 Å². The molecule has 0 amide bonds. The Hall–Kier alpha value is -2.11. The highest BCUT2D eigenvalue weighted by molar-refractivity contribution is 7.86. The molecule has 0 saturated carbocycles. The van der Waals surface area contributed by atoms with Gasteiger partial charge in [0.2, 0.25) is 0 Å². The van der Waals surface area contributed by atoms with Crippen LogP contribution in [-0.4, -0.2) is 18.0 Å². The van der Waals surface area contributed by atoms with Crippen LogP contribution >= 0.6 is 0 Å². The molecule has 0 fully saturated rings. The largest absolute Gasteiger partial charge is 0.368 e. The van der Waals surface area contributed by atoms with E-state index < -0.39 is 10.1 Å². The third-order valence-corrected chi connectivity index (χ3v) is 3.44. The van der Waals surface area contributed by atoms with Crippen LogP contribution in [0, 0.1) is 0 Å². The van der Waals surface area contributed by atoms with Gasteiger partial charge in [0.25, 0.3) is 10.1 Å². The molecule has 98 valence electrons. The molecule has 2 aromatic carbocycles. The first kappa shape index (κ1) is 13.3. The molecule has 5 heteroatoms. The third-order valence-electron chi connectivity index (χ3n) is 2.52. The Bertz CT molecular complexity index is 727. The minimum absolute atomic E-state index is 0.0457. The maximum absolute atomic E-state index is 11.0. The average molecular weight is 275 g/mol. The van der Waals surface area contributed by atoms with Gasteiger partial charge in [-0.05, 0) is 23.6 Å². The van der Waals surface area contributed by atoms with Crippen molar-refractivity contribution in [3.8, 4) is 0 Å². The highest BCUT2D eigenvalue weighted by Gasteiger charge is 2.12. The molecule has 0 saturated heterocycles. The summed E-state index contributed by atoms with van der Waals surface area (Å²) in [7, 11) is -4.13. The van der Waals surface area contributed by atoms with Gasteiger partial charge in [0.15, 0.2) is 0 Å². The standard InChI is InChI=1S/C10H8O3S.C4H5N/c11-14(12,13)10-7-3-5-8-4-1-2-6-9(8)10;1-2-4-5-3-1/h1-7H,(H,11,12,13);1-5H. The van der Waals surface area contributed by atoms with E-state index in [-0.39, 0.29) is 4.90 Å². The van der Waals surface area contributed by atoms with Crippen molar-refractivity contribution < 1.29 is 13.0 Å². The van der Waals surface area contributed by atoms with Gasteiger partial charge in [0, 0.05) is 17.8 Å². The predicted octanol–water partition coefficient (Wildman–Crippen LogP) is 3.10. The molecule has 3 aromatic rings. The number of hydrogen-bond acceptors (Lipinski definition) is 2. The van der Waals surface area contributed by atoms with Crippen LogP contribution in [0.15, 0.2) is 71.9 Å². The van der Waals surface area contributed by atoms with Crippen molar-refractivity contribution >= 4 is 20.9 Å². The summed E-state index contributed by atoms with van der Waals surface area (Å²) in [6.07, 6.45) is 3.75. The molecule has 0 radical (unpaired) electrons. The quantitative estimate of drug-likeness (QED) is 0.670. The Morgan fingerprint density at radius 3 is 2.05 bits per heavy atom. The molecule has 19 heavy (non-hydrogen) atoms. The number of rotatable bonds is 1. The van der Waals surface area contributed by atoms with Gasteiger partial charge >= 0.3 is 0 Å². The van der Waals surface area contributed by atoms with Crippen molar-refractivity contribution in [3.63, 3.8) is 0 Å². The lowest BCUT2D eigenvalue weighted by Gasteiger charge is -2.02. The van der Waals surface area contributed by atoms with Crippen molar-refractivity contribution in [2.24, 2.45) is 0 Å². The molecule has 0 aliphatic carbocycles. The fourth-order valence-electron chi connectivity index (χ4n) is 1.70. The van der Waals surface area contributed by atoms with Crippen LogP contribution in [0.1, 0.15) is 0 Å². The Morgan fingerprint density at radius 1 is 0.842 bits per heavy atom. The summed E-state index contributed by atoms with van der Waals surface area (Å²) in [5.74, 6) is 0. The Labute approximate surface area is 111 Å². The van der Waals surface area contributed by atoms with E-state index >= 15 is 0 Å². The molecule has 3 rings (SSSR count). The van der Waals surface area contributed by atoms with E-state index in [2.05, 4.69) is 4.98 Å². The maximum atomic E-state index is 11.0. The monoisotopic (exact) mass is 275 g/mol. The van der Waals surface area contributed by atoms with Gasteiger partial charge in [0.05, 0.1) is 0 Å². The Balaban J connectivity index is 0.000000224. The van der Waals surface area contributed by atoms with Gasteiger partial charge in [-0.25, -0.2) is 0 Å². The fourth-order valence-corrected chi connectivity index (χ4v) is 2.41. The van der Waals surface area contributed by atoms with Crippen molar-refractivity contribution in [3.05, 3.63) is 67.0 Å². The summed E-state index contributed by atoms with van der Waals surface area (Å²) in [6, 6.07) is 15.7. The molecule has 4 nitrogen and oxygen atoms in total. The minimum Gasteiger partial charge on any atom is -0.368 e. The van der Waals surface area contributed by atoms with Gasteiger partial charge in [-0.15, -0.1) is 0 Å². The summed E-state index contributed by atoms with van der Waals surface area (Å²) in [5, 5.41) is 1.33. The van der Waals surface area contributed by atoms with E-state index in [0.29, 0.717) is 5.39 Å². The topological polar surface area (TPSA) is 70.2 Å².